The normalized spacial score (nSPS) is 20.5. The van der Waals surface area contributed by atoms with Gasteiger partial charge in [0.25, 0.3) is 0 Å². The second-order valence-electron chi connectivity index (χ2n) is 3.84. The summed E-state index contributed by atoms with van der Waals surface area (Å²) in [6.07, 6.45) is 0.900. The van der Waals surface area contributed by atoms with Gasteiger partial charge in [-0.15, -0.1) is 0 Å². The van der Waals surface area contributed by atoms with Crippen LogP contribution in [0.1, 0.15) is 13.3 Å². The minimum Gasteiger partial charge on any atom is -0.310 e. The number of benzene rings is 1. The Morgan fingerprint density at radius 1 is 1.50 bits per heavy atom. The summed E-state index contributed by atoms with van der Waals surface area (Å²) >= 11 is 2.27. The summed E-state index contributed by atoms with van der Waals surface area (Å²) < 4.78 is 1.13. The number of amides is 1. The lowest BCUT2D eigenvalue weighted by Gasteiger charge is -2.18. The van der Waals surface area contributed by atoms with Gasteiger partial charge in [0.2, 0.25) is 5.91 Å². The highest BCUT2D eigenvalue weighted by atomic mass is 127. The second-order valence-corrected chi connectivity index (χ2v) is 5.00. The predicted molar refractivity (Wildman–Crippen MR) is 73.6 cm³/mol. The maximum Gasteiger partial charge on any atom is 0.244 e. The molecule has 1 unspecified atom stereocenters. The molecule has 4 heteroatoms. The van der Waals surface area contributed by atoms with Crippen LogP contribution in [0, 0.1) is 3.57 Å². The zero-order chi connectivity index (χ0) is 11.5. The Bertz CT molecular complexity index is 394. The van der Waals surface area contributed by atoms with Crippen molar-refractivity contribution in [2.24, 2.45) is 0 Å². The van der Waals surface area contributed by atoms with Gasteiger partial charge in [-0.25, -0.2) is 0 Å². The molecule has 0 radical (unpaired) electrons. The average molecular weight is 330 g/mol. The van der Waals surface area contributed by atoms with Gasteiger partial charge in [-0.2, -0.15) is 0 Å². The van der Waals surface area contributed by atoms with Crippen molar-refractivity contribution in [2.45, 2.75) is 19.4 Å². The Morgan fingerprint density at radius 3 is 2.94 bits per heavy atom. The summed E-state index contributed by atoms with van der Waals surface area (Å²) in [6, 6.07) is 8.01. The summed E-state index contributed by atoms with van der Waals surface area (Å²) in [5.74, 6) is 0.200. The number of nitrogens with one attached hydrogen (secondary N) is 1. The van der Waals surface area contributed by atoms with Gasteiger partial charge in [-0.1, -0.05) is 19.1 Å². The summed E-state index contributed by atoms with van der Waals surface area (Å²) in [4.78, 5) is 14.0. The van der Waals surface area contributed by atoms with E-state index < -0.39 is 0 Å². The molecule has 0 bridgehead atoms. The van der Waals surface area contributed by atoms with Crippen LogP contribution in [0.5, 0.6) is 0 Å². The Balaban J connectivity index is 2.19. The van der Waals surface area contributed by atoms with Crippen LogP contribution in [0.4, 0.5) is 5.69 Å². The lowest BCUT2D eigenvalue weighted by Crippen LogP contribution is -2.38. The molecule has 0 spiro atoms. The minimum atomic E-state index is 0.000932. The van der Waals surface area contributed by atoms with E-state index in [9.17, 15) is 4.79 Å². The molecule has 16 heavy (non-hydrogen) atoms. The van der Waals surface area contributed by atoms with Gasteiger partial charge in [0.05, 0.1) is 11.7 Å². The molecule has 0 aromatic heterocycles. The SMILES string of the molecule is CCNC1CCN(c2ccccc2I)C1=O. The van der Waals surface area contributed by atoms with E-state index in [0.29, 0.717) is 0 Å². The van der Waals surface area contributed by atoms with E-state index >= 15 is 0 Å². The molecule has 3 nitrogen and oxygen atoms in total. The van der Waals surface area contributed by atoms with Crippen LogP contribution < -0.4 is 10.2 Å². The van der Waals surface area contributed by atoms with Crippen LogP contribution in [0.2, 0.25) is 0 Å². The first kappa shape index (κ1) is 11.9. The van der Waals surface area contributed by atoms with Crippen molar-refractivity contribution in [3.63, 3.8) is 0 Å². The predicted octanol–water partition coefficient (Wildman–Crippen LogP) is 2.01. The zero-order valence-corrected chi connectivity index (χ0v) is 11.4. The van der Waals surface area contributed by atoms with Gasteiger partial charge in [0, 0.05) is 10.1 Å². The van der Waals surface area contributed by atoms with Gasteiger partial charge in [0.15, 0.2) is 0 Å². The van der Waals surface area contributed by atoms with E-state index in [2.05, 4.69) is 27.9 Å². The third-order valence-electron chi connectivity index (χ3n) is 2.80. The Hall–Kier alpha value is -0.620. The number of hydrogen-bond acceptors (Lipinski definition) is 2. The summed E-state index contributed by atoms with van der Waals surface area (Å²) in [6.45, 7) is 3.69. The first-order valence-electron chi connectivity index (χ1n) is 5.53. The number of carbonyl (C=O) groups is 1. The van der Waals surface area contributed by atoms with Crippen molar-refractivity contribution in [3.8, 4) is 0 Å². The summed E-state index contributed by atoms with van der Waals surface area (Å²) in [7, 11) is 0. The van der Waals surface area contributed by atoms with Gasteiger partial charge in [-0.3, -0.25) is 4.79 Å². The fourth-order valence-corrected chi connectivity index (χ4v) is 2.70. The topological polar surface area (TPSA) is 32.3 Å². The first-order valence-corrected chi connectivity index (χ1v) is 6.61. The van der Waals surface area contributed by atoms with Crippen molar-refractivity contribution in [3.05, 3.63) is 27.8 Å². The number of likely N-dealkylation sites (N-methyl/N-ethyl adjacent to an activating group) is 1. The van der Waals surface area contributed by atoms with Crippen molar-refractivity contribution >= 4 is 34.2 Å². The molecular weight excluding hydrogens is 315 g/mol. The van der Waals surface area contributed by atoms with Crippen molar-refractivity contribution in [1.29, 1.82) is 0 Å². The van der Waals surface area contributed by atoms with E-state index in [4.69, 9.17) is 0 Å². The van der Waals surface area contributed by atoms with Crippen molar-refractivity contribution < 1.29 is 4.79 Å². The molecule has 1 amide bonds. The van der Waals surface area contributed by atoms with Crippen molar-refractivity contribution in [1.82, 2.24) is 5.32 Å². The quantitative estimate of drug-likeness (QED) is 0.860. The monoisotopic (exact) mass is 330 g/mol. The largest absolute Gasteiger partial charge is 0.310 e. The number of hydrogen-bond donors (Lipinski definition) is 1. The maximum absolute atomic E-state index is 12.1. The van der Waals surface area contributed by atoms with Gasteiger partial charge < -0.3 is 10.2 Å². The fourth-order valence-electron chi connectivity index (χ4n) is 2.03. The molecule has 0 saturated carbocycles. The molecule has 1 N–H and O–H groups in total. The number of carbonyl (C=O) groups excluding carboxylic acids is 1. The van der Waals surface area contributed by atoms with Crippen LogP contribution in [0.15, 0.2) is 24.3 Å². The highest BCUT2D eigenvalue weighted by Crippen LogP contribution is 2.26. The Labute approximate surface area is 109 Å². The third kappa shape index (κ3) is 2.22. The molecule has 2 rings (SSSR count). The van der Waals surface area contributed by atoms with Crippen LogP contribution in [0.25, 0.3) is 0 Å². The first-order chi connectivity index (χ1) is 7.74. The molecule has 1 aliphatic heterocycles. The summed E-state index contributed by atoms with van der Waals surface area (Å²) in [5.41, 5.74) is 1.04. The molecule has 1 heterocycles. The molecule has 1 aliphatic rings. The zero-order valence-electron chi connectivity index (χ0n) is 9.24. The summed E-state index contributed by atoms with van der Waals surface area (Å²) in [5, 5.41) is 3.22. The van der Waals surface area contributed by atoms with Gasteiger partial charge >= 0.3 is 0 Å². The van der Waals surface area contributed by atoms with Crippen LogP contribution >= 0.6 is 22.6 Å². The molecule has 1 atom stereocenters. The highest BCUT2D eigenvalue weighted by Gasteiger charge is 2.32. The number of anilines is 1. The lowest BCUT2D eigenvalue weighted by molar-refractivity contribution is -0.118. The molecule has 0 aliphatic carbocycles. The van der Waals surface area contributed by atoms with E-state index in [1.54, 1.807) is 0 Å². The average Bonchev–Trinajstić information content (AvgIpc) is 2.62. The molecule has 1 fully saturated rings. The Kier molecular flexibility index (Phi) is 3.81. The molecule has 86 valence electrons. The highest BCUT2D eigenvalue weighted by molar-refractivity contribution is 14.1. The van der Waals surface area contributed by atoms with Crippen molar-refractivity contribution in [2.75, 3.05) is 18.0 Å². The van der Waals surface area contributed by atoms with Crippen LogP contribution in [0.3, 0.4) is 0 Å². The number of nitrogens with zero attached hydrogens (tertiary/aromatic N) is 1. The lowest BCUT2D eigenvalue weighted by atomic mass is 10.2. The van der Waals surface area contributed by atoms with E-state index in [-0.39, 0.29) is 11.9 Å². The minimum absolute atomic E-state index is 0.000932. The molecular formula is C12H15IN2O. The van der Waals surface area contributed by atoms with E-state index in [0.717, 1.165) is 28.8 Å². The second kappa shape index (κ2) is 5.14. The van der Waals surface area contributed by atoms with Crippen LogP contribution in [-0.2, 0) is 4.79 Å². The smallest absolute Gasteiger partial charge is 0.244 e. The van der Waals surface area contributed by atoms with Gasteiger partial charge in [-0.05, 0) is 47.7 Å². The van der Waals surface area contributed by atoms with E-state index in [1.807, 2.05) is 36.1 Å². The van der Waals surface area contributed by atoms with Gasteiger partial charge in [0.1, 0.15) is 0 Å². The maximum atomic E-state index is 12.1. The molecule has 1 saturated heterocycles. The molecule has 1 aromatic carbocycles. The fraction of sp³-hybridized carbons (Fsp3) is 0.417. The third-order valence-corrected chi connectivity index (χ3v) is 3.71. The van der Waals surface area contributed by atoms with Crippen LogP contribution in [-0.4, -0.2) is 25.0 Å². The molecule has 1 aromatic rings. The number of rotatable bonds is 3. The van der Waals surface area contributed by atoms with E-state index in [1.165, 1.54) is 0 Å². The number of para-hydroxylation sites is 1. The Morgan fingerprint density at radius 2 is 2.25 bits per heavy atom. The standard InChI is InChI=1S/C12H15IN2O/c1-2-14-10-7-8-15(12(10)16)11-6-4-3-5-9(11)13/h3-6,10,14H,2,7-8H2,1H3. The number of halogens is 1.